The number of amides is 2. The van der Waals surface area contributed by atoms with Gasteiger partial charge in [0.15, 0.2) is 0 Å². The first kappa shape index (κ1) is 20.4. The highest BCUT2D eigenvalue weighted by Crippen LogP contribution is 2.45. The lowest BCUT2D eigenvalue weighted by molar-refractivity contribution is -0.151. The van der Waals surface area contributed by atoms with Crippen LogP contribution < -0.4 is 5.32 Å². The minimum atomic E-state index is -1.54. The second kappa shape index (κ2) is 7.73. The van der Waals surface area contributed by atoms with Gasteiger partial charge in [-0.2, -0.15) is 0 Å². The summed E-state index contributed by atoms with van der Waals surface area (Å²) < 4.78 is 0. The van der Waals surface area contributed by atoms with Gasteiger partial charge in [-0.15, -0.1) is 11.8 Å². The van der Waals surface area contributed by atoms with Crippen molar-refractivity contribution in [3.63, 3.8) is 0 Å². The number of carbonyl (C=O) groups excluding carboxylic acids is 5. The number of nitrogens with one attached hydrogen (secondary N) is 1. The molecule has 0 aliphatic carbocycles. The van der Waals surface area contributed by atoms with Crippen LogP contribution in [0.4, 0.5) is 0 Å². The zero-order chi connectivity index (χ0) is 21.6. The monoisotopic (exact) mass is 446 g/mol. The summed E-state index contributed by atoms with van der Waals surface area (Å²) in [5, 5.41) is 9.34. The van der Waals surface area contributed by atoms with E-state index < -0.39 is 56.8 Å². The molecule has 9 nitrogen and oxygen atoms in total. The molecule has 2 N–H and O–H groups in total. The summed E-state index contributed by atoms with van der Waals surface area (Å²) in [6, 6.07) is 7.79. The number of β-lactam (4-membered cyclic amide) rings is 1. The van der Waals surface area contributed by atoms with E-state index in [4.69, 9.17) is 0 Å². The molecule has 4 rings (SSSR count). The lowest BCUT2D eigenvalue weighted by atomic mass is 9.99. The van der Waals surface area contributed by atoms with Crippen molar-refractivity contribution in [3.8, 4) is 0 Å². The Morgan fingerprint density at radius 2 is 1.83 bits per heavy atom. The molecule has 3 aliphatic rings. The molecule has 3 heterocycles. The number of fused-ring (bicyclic) bond motifs is 1. The van der Waals surface area contributed by atoms with Gasteiger partial charge in [-0.3, -0.25) is 28.9 Å². The maximum absolute atomic E-state index is 12.7. The molecule has 0 radical (unpaired) electrons. The summed E-state index contributed by atoms with van der Waals surface area (Å²) in [6.07, 6.45) is 0.0259. The average molecular weight is 446 g/mol. The Morgan fingerprint density at radius 1 is 1.13 bits per heavy atom. The minimum Gasteiger partial charge on any atom is -0.477 e. The molecular formula is C19H14N2O7S2. The predicted octanol–water partition coefficient (Wildman–Crippen LogP) is -0.252. The molecule has 0 bridgehead atoms. The maximum Gasteiger partial charge on any atom is 0.353 e. The number of thioether (sulfide) groups is 2. The number of hydrogen-bond acceptors (Lipinski definition) is 8. The Balaban J connectivity index is 1.56. The fraction of sp³-hybridized carbons (Fsp3) is 0.263. The molecule has 2 unspecified atom stereocenters. The van der Waals surface area contributed by atoms with E-state index >= 15 is 0 Å². The number of benzene rings is 1. The Morgan fingerprint density at radius 3 is 2.43 bits per heavy atom. The first-order valence-electron chi connectivity index (χ1n) is 8.83. The topological polar surface area (TPSA) is 138 Å². The fourth-order valence-electron chi connectivity index (χ4n) is 3.48. The van der Waals surface area contributed by atoms with Gasteiger partial charge in [0.1, 0.15) is 22.4 Å². The molecule has 30 heavy (non-hydrogen) atoms. The quantitative estimate of drug-likeness (QED) is 0.463. The van der Waals surface area contributed by atoms with Crippen LogP contribution in [0.15, 0.2) is 41.6 Å². The molecule has 2 fully saturated rings. The van der Waals surface area contributed by atoms with E-state index in [-0.39, 0.29) is 17.7 Å². The molecule has 1 aromatic carbocycles. The van der Waals surface area contributed by atoms with Crippen LogP contribution in [0.3, 0.4) is 0 Å². The zero-order valence-corrected chi connectivity index (χ0v) is 16.8. The number of ketones is 2. The van der Waals surface area contributed by atoms with Crippen molar-refractivity contribution in [2.24, 2.45) is 0 Å². The summed E-state index contributed by atoms with van der Waals surface area (Å²) in [5.74, 6) is -4.35. The predicted molar refractivity (Wildman–Crippen MR) is 106 cm³/mol. The molecule has 154 valence electrons. The number of hydrogen-bond donors (Lipinski definition) is 2. The Kier molecular flexibility index (Phi) is 5.24. The van der Waals surface area contributed by atoms with Gasteiger partial charge in [-0.05, 0) is 5.56 Å². The van der Waals surface area contributed by atoms with Crippen molar-refractivity contribution < 1.29 is 33.9 Å². The summed E-state index contributed by atoms with van der Waals surface area (Å²) in [5.41, 5.74) is -0.212. The third-order valence-electron chi connectivity index (χ3n) is 4.87. The van der Waals surface area contributed by atoms with Crippen molar-refractivity contribution in [2.75, 3.05) is 5.75 Å². The number of nitrogens with zero attached hydrogens (tertiary/aromatic N) is 1. The lowest BCUT2D eigenvalue weighted by Crippen LogP contribution is -2.71. The zero-order valence-electron chi connectivity index (χ0n) is 15.2. The third kappa shape index (κ3) is 3.33. The Hall–Kier alpha value is -2.92. The van der Waals surface area contributed by atoms with E-state index in [1.165, 1.54) is 0 Å². The number of carboxylic acids is 1. The van der Waals surface area contributed by atoms with Crippen molar-refractivity contribution >= 4 is 58.0 Å². The minimum absolute atomic E-state index is 0.0259. The van der Waals surface area contributed by atoms with Crippen LogP contribution >= 0.6 is 23.5 Å². The number of rotatable bonds is 5. The first-order valence-corrected chi connectivity index (χ1v) is 10.8. The summed E-state index contributed by atoms with van der Waals surface area (Å²) in [6.45, 7) is 0. The molecule has 2 saturated heterocycles. The van der Waals surface area contributed by atoms with Gasteiger partial charge in [-0.1, -0.05) is 42.1 Å². The molecule has 0 spiro atoms. The molecule has 3 aliphatic heterocycles. The van der Waals surface area contributed by atoms with Crippen molar-refractivity contribution in [3.05, 3.63) is 47.2 Å². The number of Topliss-reactive ketones (excluding diaryl/α,β-unsaturated/α-hetero) is 2. The van der Waals surface area contributed by atoms with E-state index in [9.17, 15) is 33.9 Å². The summed E-state index contributed by atoms with van der Waals surface area (Å²) in [7, 11) is 0. The van der Waals surface area contributed by atoms with E-state index in [0.29, 0.717) is 11.8 Å². The molecule has 1 aromatic rings. The third-order valence-corrected chi connectivity index (χ3v) is 7.24. The molecule has 2 amide bonds. The molecule has 3 atom stereocenters. The smallest absolute Gasteiger partial charge is 0.353 e. The van der Waals surface area contributed by atoms with Gasteiger partial charge in [0, 0.05) is 0 Å². The van der Waals surface area contributed by atoms with Crippen LogP contribution in [-0.2, 0) is 35.2 Å². The van der Waals surface area contributed by atoms with Crippen molar-refractivity contribution in [1.82, 2.24) is 10.2 Å². The van der Waals surface area contributed by atoms with Crippen LogP contribution in [0.2, 0.25) is 0 Å². The van der Waals surface area contributed by atoms with Crippen molar-refractivity contribution in [2.45, 2.75) is 23.1 Å². The van der Waals surface area contributed by atoms with E-state index in [2.05, 4.69) is 5.32 Å². The average Bonchev–Trinajstić information content (AvgIpc) is 3.04. The van der Waals surface area contributed by atoms with Gasteiger partial charge >= 0.3 is 5.97 Å². The van der Waals surface area contributed by atoms with Crippen LogP contribution in [0, 0.1) is 0 Å². The number of carboxylic acid groups (broad SMARTS) is 1. The van der Waals surface area contributed by atoms with Crippen LogP contribution in [0.5, 0.6) is 0 Å². The molecule has 0 aromatic heterocycles. The van der Waals surface area contributed by atoms with Crippen molar-refractivity contribution in [1.29, 1.82) is 0 Å². The fourth-order valence-corrected chi connectivity index (χ4v) is 5.88. The summed E-state index contributed by atoms with van der Waals surface area (Å²) >= 11 is 1.54. The standard InChI is InChI=1S/C19H14N2O7S2/c22-9-7-29-15(14(9)24)11-13(18(26)27)21-16(25)12(17(21)30-19(11)28)20-10(23)6-8-4-2-1-3-5-8/h1-5,12,15,17H,6-7H2,(H,20,23)(H,26,27)/t12?,15?,17-/m0/s1. The molecule has 11 heteroatoms. The summed E-state index contributed by atoms with van der Waals surface area (Å²) in [4.78, 5) is 74.0. The van der Waals surface area contributed by atoms with Crippen LogP contribution in [-0.4, -0.2) is 66.9 Å². The Bertz CT molecular complexity index is 1040. The van der Waals surface area contributed by atoms with Gasteiger partial charge in [0.05, 0.1) is 17.7 Å². The van der Waals surface area contributed by atoms with Gasteiger partial charge in [0.25, 0.3) is 5.91 Å². The number of aliphatic carboxylic acids is 1. The van der Waals surface area contributed by atoms with Crippen LogP contribution in [0.25, 0.3) is 0 Å². The second-order valence-corrected chi connectivity index (χ2v) is 8.94. The van der Waals surface area contributed by atoms with E-state index in [1.54, 1.807) is 30.3 Å². The Labute approximate surface area is 178 Å². The van der Waals surface area contributed by atoms with E-state index in [1.807, 2.05) is 0 Å². The van der Waals surface area contributed by atoms with Gasteiger partial charge < -0.3 is 10.4 Å². The van der Waals surface area contributed by atoms with Gasteiger partial charge in [-0.25, -0.2) is 4.79 Å². The normalized spacial score (nSPS) is 25.9. The highest BCUT2D eigenvalue weighted by atomic mass is 32.2. The second-order valence-electron chi connectivity index (χ2n) is 6.76. The largest absolute Gasteiger partial charge is 0.477 e. The van der Waals surface area contributed by atoms with Gasteiger partial charge in [0.2, 0.25) is 22.6 Å². The number of carbonyl (C=O) groups is 6. The molecule has 0 saturated carbocycles. The van der Waals surface area contributed by atoms with Crippen LogP contribution in [0.1, 0.15) is 5.56 Å². The highest BCUT2D eigenvalue weighted by Gasteiger charge is 2.58. The highest BCUT2D eigenvalue weighted by molar-refractivity contribution is 8.15. The first-order chi connectivity index (χ1) is 14.3. The SMILES string of the molecule is O=C(Cc1ccccc1)NC1C(=O)N2C(C(=O)O)=C(C3SCC(=O)C3=O)C(=O)S[C@@H]12. The molecular weight excluding hydrogens is 432 g/mol. The lowest BCUT2D eigenvalue weighted by Gasteiger charge is -2.49. The van der Waals surface area contributed by atoms with E-state index in [0.717, 1.165) is 22.2 Å². The maximum atomic E-state index is 12.7.